The highest BCUT2D eigenvalue weighted by Crippen LogP contribution is 2.42. The summed E-state index contributed by atoms with van der Waals surface area (Å²) in [7, 11) is 0. The lowest BCUT2D eigenvalue weighted by Crippen LogP contribution is -2.13. The minimum atomic E-state index is -2.82. The molecular formula is C12H7F6N3S. The molecule has 0 radical (unpaired) electrons. The molecule has 10 heteroatoms. The first-order chi connectivity index (χ1) is 10.4. The molecule has 2 atom stereocenters. The van der Waals surface area contributed by atoms with E-state index in [-0.39, 0.29) is 17.6 Å². The first kappa shape index (κ1) is 15.2. The average molecular weight is 339 g/mol. The standard InChI is InChI=1S/C12H7F6N3S/c13-4-1-2-5(14)9(16)8(4)7-3-6(15)10-19-12(20-21(7)10)22-11(17)18/h1-2,6-7,11H,3H2. The Hall–Kier alpha value is -1.71. The van der Waals surface area contributed by atoms with Crippen molar-refractivity contribution >= 4 is 11.8 Å². The Morgan fingerprint density at radius 2 is 1.86 bits per heavy atom. The molecule has 1 aliphatic rings. The maximum Gasteiger partial charge on any atom is 0.291 e. The zero-order valence-electron chi connectivity index (χ0n) is 10.6. The minimum absolute atomic E-state index is 0.0111. The molecule has 22 heavy (non-hydrogen) atoms. The number of alkyl halides is 3. The van der Waals surface area contributed by atoms with Gasteiger partial charge in [0, 0.05) is 6.42 Å². The normalized spacial score (nSPS) is 20.7. The number of aromatic nitrogens is 3. The number of halogens is 6. The van der Waals surface area contributed by atoms with Crippen LogP contribution in [0.2, 0.25) is 0 Å². The molecule has 0 fully saturated rings. The molecular weight excluding hydrogens is 332 g/mol. The molecule has 1 aromatic carbocycles. The molecule has 2 unspecified atom stereocenters. The van der Waals surface area contributed by atoms with E-state index in [2.05, 4.69) is 10.1 Å². The molecule has 0 amide bonds. The van der Waals surface area contributed by atoms with Crippen molar-refractivity contribution in [3.8, 4) is 0 Å². The molecule has 1 aliphatic heterocycles. The van der Waals surface area contributed by atoms with Crippen LogP contribution in [0.1, 0.15) is 30.0 Å². The number of fused-ring (bicyclic) bond motifs is 1. The van der Waals surface area contributed by atoms with Crippen molar-refractivity contribution in [1.29, 1.82) is 0 Å². The molecule has 0 saturated carbocycles. The number of rotatable bonds is 3. The van der Waals surface area contributed by atoms with Crippen molar-refractivity contribution in [2.75, 3.05) is 0 Å². The van der Waals surface area contributed by atoms with Crippen molar-refractivity contribution in [3.05, 3.63) is 41.0 Å². The van der Waals surface area contributed by atoms with Gasteiger partial charge in [-0.05, 0) is 23.9 Å². The highest BCUT2D eigenvalue weighted by atomic mass is 32.2. The lowest BCUT2D eigenvalue weighted by atomic mass is 10.0. The number of hydrogen-bond donors (Lipinski definition) is 0. The largest absolute Gasteiger partial charge is 0.291 e. The summed E-state index contributed by atoms with van der Waals surface area (Å²) >= 11 is -0.0111. The Balaban J connectivity index is 2.06. The van der Waals surface area contributed by atoms with E-state index < -0.39 is 52.6 Å². The van der Waals surface area contributed by atoms with Crippen LogP contribution in [0.25, 0.3) is 0 Å². The van der Waals surface area contributed by atoms with Crippen molar-refractivity contribution < 1.29 is 26.3 Å². The predicted molar refractivity (Wildman–Crippen MR) is 64.8 cm³/mol. The molecule has 0 aliphatic carbocycles. The van der Waals surface area contributed by atoms with Gasteiger partial charge in [0.2, 0.25) is 5.16 Å². The van der Waals surface area contributed by atoms with E-state index in [1.54, 1.807) is 0 Å². The average Bonchev–Trinajstić information content (AvgIpc) is 2.96. The molecule has 2 heterocycles. The Bertz CT molecular complexity index is 719. The van der Waals surface area contributed by atoms with Gasteiger partial charge in [-0.3, -0.25) is 0 Å². The third kappa shape index (κ3) is 2.44. The highest BCUT2D eigenvalue weighted by molar-refractivity contribution is 7.99. The quantitative estimate of drug-likeness (QED) is 0.481. The van der Waals surface area contributed by atoms with Gasteiger partial charge in [0.1, 0.15) is 5.82 Å². The van der Waals surface area contributed by atoms with Crippen molar-refractivity contribution in [1.82, 2.24) is 14.8 Å². The van der Waals surface area contributed by atoms with Crippen LogP contribution in [0, 0.1) is 17.5 Å². The SMILES string of the molecule is Fc1ccc(F)c(C2CC(F)c3nc(SC(F)F)nn32)c1F. The maximum atomic E-state index is 13.9. The van der Waals surface area contributed by atoms with E-state index >= 15 is 0 Å². The summed E-state index contributed by atoms with van der Waals surface area (Å²) in [6.45, 7) is 0. The van der Waals surface area contributed by atoms with Gasteiger partial charge in [0.05, 0.1) is 11.6 Å². The molecule has 0 spiro atoms. The van der Waals surface area contributed by atoms with Gasteiger partial charge in [-0.1, -0.05) is 0 Å². The second-order valence-electron chi connectivity index (χ2n) is 4.55. The van der Waals surface area contributed by atoms with Crippen molar-refractivity contribution in [2.24, 2.45) is 0 Å². The summed E-state index contributed by atoms with van der Waals surface area (Å²) in [5, 5.41) is 3.24. The predicted octanol–water partition coefficient (Wildman–Crippen LogP) is 4.01. The molecule has 0 N–H and O–H groups in total. The van der Waals surface area contributed by atoms with E-state index in [4.69, 9.17) is 0 Å². The molecule has 118 valence electrons. The minimum Gasteiger partial charge on any atom is -0.239 e. The van der Waals surface area contributed by atoms with Crippen molar-refractivity contribution in [2.45, 2.75) is 29.5 Å². The maximum absolute atomic E-state index is 13.9. The fourth-order valence-electron chi connectivity index (χ4n) is 2.38. The van der Waals surface area contributed by atoms with Gasteiger partial charge in [0.15, 0.2) is 23.6 Å². The van der Waals surface area contributed by atoms with Gasteiger partial charge >= 0.3 is 0 Å². The van der Waals surface area contributed by atoms with Crippen LogP contribution in [0.3, 0.4) is 0 Å². The van der Waals surface area contributed by atoms with E-state index in [1.165, 1.54) is 0 Å². The van der Waals surface area contributed by atoms with E-state index in [0.29, 0.717) is 12.1 Å². The van der Waals surface area contributed by atoms with Crippen LogP contribution < -0.4 is 0 Å². The van der Waals surface area contributed by atoms with Crippen LogP contribution in [0.5, 0.6) is 0 Å². The second kappa shape index (κ2) is 5.49. The van der Waals surface area contributed by atoms with Crippen LogP contribution in [0.15, 0.2) is 17.3 Å². The van der Waals surface area contributed by atoms with Crippen LogP contribution in [-0.4, -0.2) is 20.5 Å². The topological polar surface area (TPSA) is 30.7 Å². The monoisotopic (exact) mass is 339 g/mol. The third-order valence-electron chi connectivity index (χ3n) is 3.25. The number of nitrogens with zero attached hydrogens (tertiary/aromatic N) is 3. The van der Waals surface area contributed by atoms with Crippen molar-refractivity contribution in [3.63, 3.8) is 0 Å². The molecule has 0 bridgehead atoms. The first-order valence-corrected chi connectivity index (χ1v) is 6.95. The van der Waals surface area contributed by atoms with Gasteiger partial charge in [0.25, 0.3) is 5.76 Å². The second-order valence-corrected chi connectivity index (χ2v) is 5.51. The van der Waals surface area contributed by atoms with Gasteiger partial charge < -0.3 is 0 Å². The van der Waals surface area contributed by atoms with E-state index in [0.717, 1.165) is 4.68 Å². The lowest BCUT2D eigenvalue weighted by Gasteiger charge is -2.14. The summed E-state index contributed by atoms with van der Waals surface area (Å²) in [5.74, 6) is -6.94. The number of benzene rings is 1. The highest BCUT2D eigenvalue weighted by Gasteiger charge is 2.39. The summed E-state index contributed by atoms with van der Waals surface area (Å²) in [6, 6.07) is 0.0430. The van der Waals surface area contributed by atoms with Gasteiger partial charge in [-0.15, -0.1) is 5.10 Å². The van der Waals surface area contributed by atoms with Crippen LogP contribution in [0.4, 0.5) is 26.3 Å². The molecule has 0 saturated heterocycles. The fourth-order valence-corrected chi connectivity index (χ4v) is 2.82. The Morgan fingerprint density at radius 3 is 2.55 bits per heavy atom. The van der Waals surface area contributed by atoms with Crippen LogP contribution >= 0.6 is 11.8 Å². The zero-order chi connectivity index (χ0) is 16.0. The van der Waals surface area contributed by atoms with E-state index in [1.807, 2.05) is 0 Å². The smallest absolute Gasteiger partial charge is 0.239 e. The Labute approximate surface area is 124 Å². The molecule has 3 rings (SSSR count). The summed E-state index contributed by atoms with van der Waals surface area (Å²) in [6.07, 6.45) is -2.13. The summed E-state index contributed by atoms with van der Waals surface area (Å²) in [5.41, 5.74) is -0.695. The summed E-state index contributed by atoms with van der Waals surface area (Å²) in [4.78, 5) is 3.59. The first-order valence-electron chi connectivity index (χ1n) is 6.07. The summed E-state index contributed by atoms with van der Waals surface area (Å²) < 4.78 is 80.2. The molecule has 3 nitrogen and oxygen atoms in total. The molecule has 2 aromatic rings. The Kier molecular flexibility index (Phi) is 3.79. The van der Waals surface area contributed by atoms with Gasteiger partial charge in [-0.25, -0.2) is 27.2 Å². The Morgan fingerprint density at radius 1 is 1.18 bits per heavy atom. The number of thioether (sulfide) groups is 1. The fraction of sp³-hybridized carbons (Fsp3) is 0.333. The van der Waals surface area contributed by atoms with Gasteiger partial charge in [-0.2, -0.15) is 8.78 Å². The van der Waals surface area contributed by atoms with Crippen LogP contribution in [-0.2, 0) is 0 Å². The third-order valence-corrected chi connectivity index (χ3v) is 3.81. The molecule has 1 aromatic heterocycles. The number of hydrogen-bond acceptors (Lipinski definition) is 3. The lowest BCUT2D eigenvalue weighted by molar-refractivity contribution is 0.251. The zero-order valence-corrected chi connectivity index (χ0v) is 11.4. The van der Waals surface area contributed by atoms with E-state index in [9.17, 15) is 26.3 Å².